The van der Waals surface area contributed by atoms with Gasteiger partial charge in [0.25, 0.3) is 0 Å². The molecule has 0 bridgehead atoms. The lowest BCUT2D eigenvalue weighted by atomic mass is 9.92. The SMILES string of the molecule is Cc1ccc(C#N)c(N(C)C2CCC(=O)CC2)c1. The van der Waals surface area contributed by atoms with Crippen molar-refractivity contribution in [1.82, 2.24) is 0 Å². The summed E-state index contributed by atoms with van der Waals surface area (Å²) in [5.41, 5.74) is 2.85. The highest BCUT2D eigenvalue weighted by atomic mass is 16.1. The normalized spacial score (nSPS) is 16.4. The second-order valence-corrected chi connectivity index (χ2v) is 5.01. The van der Waals surface area contributed by atoms with Gasteiger partial charge in [-0.05, 0) is 37.5 Å². The predicted molar refractivity (Wildman–Crippen MR) is 71.6 cm³/mol. The zero-order valence-corrected chi connectivity index (χ0v) is 10.9. The molecule has 2 rings (SSSR count). The summed E-state index contributed by atoms with van der Waals surface area (Å²) in [6, 6.07) is 8.49. The largest absolute Gasteiger partial charge is 0.371 e. The third kappa shape index (κ3) is 2.53. The maximum atomic E-state index is 11.3. The van der Waals surface area contributed by atoms with E-state index in [1.54, 1.807) is 0 Å². The maximum Gasteiger partial charge on any atom is 0.133 e. The molecule has 94 valence electrons. The summed E-state index contributed by atoms with van der Waals surface area (Å²) in [6.07, 6.45) is 3.13. The summed E-state index contributed by atoms with van der Waals surface area (Å²) in [6.45, 7) is 2.03. The summed E-state index contributed by atoms with van der Waals surface area (Å²) >= 11 is 0. The summed E-state index contributed by atoms with van der Waals surface area (Å²) in [7, 11) is 2.02. The number of anilines is 1. The Balaban J connectivity index is 2.23. The van der Waals surface area contributed by atoms with E-state index in [0.717, 1.165) is 24.1 Å². The first-order chi connectivity index (χ1) is 8.61. The molecule has 3 heteroatoms. The summed E-state index contributed by atoms with van der Waals surface area (Å²) < 4.78 is 0. The van der Waals surface area contributed by atoms with E-state index in [-0.39, 0.29) is 0 Å². The van der Waals surface area contributed by atoms with Gasteiger partial charge in [-0.1, -0.05) is 6.07 Å². The summed E-state index contributed by atoms with van der Waals surface area (Å²) in [5, 5.41) is 9.17. The van der Waals surface area contributed by atoms with Crippen LogP contribution in [-0.2, 0) is 4.79 Å². The molecule has 1 aromatic carbocycles. The number of nitrogens with zero attached hydrogens (tertiary/aromatic N) is 2. The van der Waals surface area contributed by atoms with Crippen molar-refractivity contribution in [2.24, 2.45) is 0 Å². The van der Waals surface area contributed by atoms with E-state index in [9.17, 15) is 4.79 Å². The molecule has 0 N–H and O–H groups in total. The van der Waals surface area contributed by atoms with Crippen LogP contribution >= 0.6 is 0 Å². The first-order valence-corrected chi connectivity index (χ1v) is 6.37. The number of nitriles is 1. The third-order valence-electron chi connectivity index (χ3n) is 3.71. The molecule has 0 aromatic heterocycles. The van der Waals surface area contributed by atoms with Crippen LogP contribution in [0.3, 0.4) is 0 Å². The van der Waals surface area contributed by atoms with Crippen LogP contribution in [0.15, 0.2) is 18.2 Å². The lowest BCUT2D eigenvalue weighted by Gasteiger charge is -2.33. The lowest BCUT2D eigenvalue weighted by Crippen LogP contribution is -2.35. The number of hydrogen-bond acceptors (Lipinski definition) is 3. The van der Waals surface area contributed by atoms with Gasteiger partial charge in [0.1, 0.15) is 11.9 Å². The first-order valence-electron chi connectivity index (χ1n) is 6.37. The molecule has 1 aromatic rings. The molecule has 0 spiro atoms. The Labute approximate surface area is 108 Å². The van der Waals surface area contributed by atoms with Gasteiger partial charge in [-0.15, -0.1) is 0 Å². The minimum absolute atomic E-state index is 0.365. The van der Waals surface area contributed by atoms with Gasteiger partial charge < -0.3 is 4.90 Å². The number of hydrogen-bond donors (Lipinski definition) is 0. The van der Waals surface area contributed by atoms with Crippen molar-refractivity contribution < 1.29 is 4.79 Å². The van der Waals surface area contributed by atoms with Crippen molar-refractivity contribution in [1.29, 1.82) is 5.26 Å². The quantitative estimate of drug-likeness (QED) is 0.801. The molecule has 1 aliphatic rings. The Bertz CT molecular complexity index is 492. The first kappa shape index (κ1) is 12.6. The maximum absolute atomic E-state index is 11.3. The Morgan fingerprint density at radius 2 is 2.00 bits per heavy atom. The van der Waals surface area contributed by atoms with Gasteiger partial charge in [0, 0.05) is 25.9 Å². The van der Waals surface area contributed by atoms with E-state index in [1.165, 1.54) is 0 Å². The highest BCUT2D eigenvalue weighted by molar-refractivity contribution is 5.79. The van der Waals surface area contributed by atoms with Crippen molar-refractivity contribution in [3.8, 4) is 6.07 Å². The van der Waals surface area contributed by atoms with Gasteiger partial charge in [0.15, 0.2) is 0 Å². The molecule has 1 aliphatic carbocycles. The van der Waals surface area contributed by atoms with Crippen molar-refractivity contribution in [2.75, 3.05) is 11.9 Å². The molecule has 0 atom stereocenters. The van der Waals surface area contributed by atoms with E-state index in [1.807, 2.05) is 26.1 Å². The Morgan fingerprint density at radius 3 is 2.61 bits per heavy atom. The molecule has 0 heterocycles. The number of ketones is 1. The number of Topliss-reactive ketones (excluding diaryl/α,β-unsaturated/α-hetero) is 1. The molecular weight excluding hydrogens is 224 g/mol. The predicted octanol–water partition coefficient (Wildman–Crippen LogP) is 2.81. The Morgan fingerprint density at radius 1 is 1.33 bits per heavy atom. The molecule has 0 aliphatic heterocycles. The summed E-state index contributed by atoms with van der Waals surface area (Å²) in [5.74, 6) is 0.365. The van der Waals surface area contributed by atoms with Crippen molar-refractivity contribution in [3.05, 3.63) is 29.3 Å². The van der Waals surface area contributed by atoms with Crippen LogP contribution in [-0.4, -0.2) is 18.9 Å². The van der Waals surface area contributed by atoms with Crippen LogP contribution in [0.4, 0.5) is 5.69 Å². The molecular formula is C15H18N2O. The number of carbonyl (C=O) groups is 1. The smallest absolute Gasteiger partial charge is 0.133 e. The van der Waals surface area contributed by atoms with E-state index in [0.29, 0.717) is 30.2 Å². The van der Waals surface area contributed by atoms with Gasteiger partial charge in [-0.3, -0.25) is 4.79 Å². The molecule has 0 amide bonds. The lowest BCUT2D eigenvalue weighted by molar-refractivity contribution is -0.120. The molecule has 0 unspecified atom stereocenters. The molecule has 18 heavy (non-hydrogen) atoms. The van der Waals surface area contributed by atoms with E-state index >= 15 is 0 Å². The highest BCUT2D eigenvalue weighted by Crippen LogP contribution is 2.27. The minimum atomic E-state index is 0.365. The average Bonchev–Trinajstić information content (AvgIpc) is 2.39. The number of aryl methyl sites for hydroxylation is 1. The molecule has 0 radical (unpaired) electrons. The van der Waals surface area contributed by atoms with E-state index < -0.39 is 0 Å². The standard InChI is InChI=1S/C15H18N2O/c1-11-3-4-12(10-16)15(9-11)17(2)13-5-7-14(18)8-6-13/h3-4,9,13H,5-8H2,1-2H3. The highest BCUT2D eigenvalue weighted by Gasteiger charge is 2.23. The minimum Gasteiger partial charge on any atom is -0.371 e. The Kier molecular flexibility index (Phi) is 3.66. The fourth-order valence-corrected chi connectivity index (χ4v) is 2.54. The van der Waals surface area contributed by atoms with Crippen molar-refractivity contribution in [2.45, 2.75) is 38.6 Å². The fraction of sp³-hybridized carbons (Fsp3) is 0.467. The van der Waals surface area contributed by atoms with E-state index in [2.05, 4.69) is 17.0 Å². The zero-order valence-electron chi connectivity index (χ0n) is 10.9. The second kappa shape index (κ2) is 5.22. The number of rotatable bonds is 2. The molecule has 0 saturated heterocycles. The van der Waals surface area contributed by atoms with Crippen LogP contribution in [0, 0.1) is 18.3 Å². The van der Waals surface area contributed by atoms with E-state index in [4.69, 9.17) is 5.26 Å². The molecule has 1 saturated carbocycles. The Hall–Kier alpha value is -1.82. The van der Waals surface area contributed by atoms with Gasteiger partial charge in [-0.25, -0.2) is 0 Å². The van der Waals surface area contributed by atoms with Crippen molar-refractivity contribution >= 4 is 11.5 Å². The van der Waals surface area contributed by atoms with Gasteiger partial charge in [0.05, 0.1) is 11.3 Å². The van der Waals surface area contributed by atoms with Gasteiger partial charge >= 0.3 is 0 Å². The number of carbonyl (C=O) groups excluding carboxylic acids is 1. The topological polar surface area (TPSA) is 44.1 Å². The van der Waals surface area contributed by atoms with Crippen LogP contribution < -0.4 is 4.90 Å². The van der Waals surface area contributed by atoms with Gasteiger partial charge in [-0.2, -0.15) is 5.26 Å². The van der Waals surface area contributed by atoms with Crippen molar-refractivity contribution in [3.63, 3.8) is 0 Å². The van der Waals surface area contributed by atoms with Crippen LogP contribution in [0.5, 0.6) is 0 Å². The average molecular weight is 242 g/mol. The van der Waals surface area contributed by atoms with Crippen LogP contribution in [0.25, 0.3) is 0 Å². The number of benzene rings is 1. The molecule has 3 nitrogen and oxygen atoms in total. The second-order valence-electron chi connectivity index (χ2n) is 5.01. The zero-order chi connectivity index (χ0) is 13.1. The van der Waals surface area contributed by atoms with Gasteiger partial charge in [0.2, 0.25) is 0 Å². The third-order valence-corrected chi connectivity index (χ3v) is 3.71. The fourth-order valence-electron chi connectivity index (χ4n) is 2.54. The monoisotopic (exact) mass is 242 g/mol. The molecule has 1 fully saturated rings. The van der Waals surface area contributed by atoms with Crippen LogP contribution in [0.1, 0.15) is 36.8 Å². The van der Waals surface area contributed by atoms with Crippen LogP contribution in [0.2, 0.25) is 0 Å². The summed E-state index contributed by atoms with van der Waals surface area (Å²) in [4.78, 5) is 13.4.